The smallest absolute Gasteiger partial charge is 0.230 e. The number of benzene rings is 1. The third-order valence-electron chi connectivity index (χ3n) is 3.40. The maximum Gasteiger partial charge on any atom is 0.230 e. The van der Waals surface area contributed by atoms with Crippen molar-refractivity contribution >= 4 is 11.6 Å². The highest BCUT2D eigenvalue weighted by Gasteiger charge is 2.30. The van der Waals surface area contributed by atoms with Crippen molar-refractivity contribution < 1.29 is 4.79 Å². The molecule has 0 radical (unpaired) electrons. The summed E-state index contributed by atoms with van der Waals surface area (Å²) in [5.41, 5.74) is 6.84. The Kier molecular flexibility index (Phi) is 4.98. The fourth-order valence-electron chi connectivity index (χ4n) is 2.20. The second kappa shape index (κ2) is 6.09. The van der Waals surface area contributed by atoms with Gasteiger partial charge >= 0.3 is 0 Å². The molecule has 0 aliphatic carbocycles. The van der Waals surface area contributed by atoms with E-state index in [0.29, 0.717) is 11.6 Å². The quantitative estimate of drug-likeness (QED) is 0.801. The van der Waals surface area contributed by atoms with Crippen LogP contribution in [0.5, 0.6) is 0 Å². The Labute approximate surface area is 116 Å². The number of nitrogens with one attached hydrogen (secondary N) is 1. The molecule has 0 spiro atoms. The van der Waals surface area contributed by atoms with Crippen molar-refractivity contribution in [2.75, 3.05) is 5.73 Å². The molecular weight excluding hydrogens is 236 g/mol. The molecule has 0 fully saturated rings. The van der Waals surface area contributed by atoms with E-state index in [1.807, 2.05) is 38.1 Å². The van der Waals surface area contributed by atoms with E-state index in [2.05, 4.69) is 26.1 Å². The van der Waals surface area contributed by atoms with Gasteiger partial charge in [0.15, 0.2) is 0 Å². The summed E-state index contributed by atoms with van der Waals surface area (Å²) >= 11 is 0. The van der Waals surface area contributed by atoms with Crippen molar-refractivity contribution in [3.05, 3.63) is 29.8 Å². The Morgan fingerprint density at radius 1 is 1.21 bits per heavy atom. The number of nitrogen functional groups attached to an aromatic ring is 1. The van der Waals surface area contributed by atoms with Gasteiger partial charge in [-0.15, -0.1) is 0 Å². The van der Waals surface area contributed by atoms with E-state index in [1.54, 1.807) is 0 Å². The van der Waals surface area contributed by atoms with Gasteiger partial charge in [0.05, 0.1) is 5.41 Å². The molecule has 3 nitrogen and oxygen atoms in total. The molecule has 0 saturated heterocycles. The lowest BCUT2D eigenvalue weighted by atomic mass is 9.83. The molecule has 1 aromatic carbocycles. The molecule has 0 saturated carbocycles. The zero-order valence-electron chi connectivity index (χ0n) is 12.7. The van der Waals surface area contributed by atoms with E-state index >= 15 is 0 Å². The SMILES string of the molecule is CC(C)CC(C)NC(=O)C(C)(C)c1ccc(N)cc1. The maximum absolute atomic E-state index is 12.4. The zero-order valence-corrected chi connectivity index (χ0v) is 12.7. The van der Waals surface area contributed by atoms with E-state index in [-0.39, 0.29) is 11.9 Å². The first-order chi connectivity index (χ1) is 8.73. The lowest BCUT2D eigenvalue weighted by Gasteiger charge is -2.27. The molecule has 1 aromatic rings. The van der Waals surface area contributed by atoms with Crippen molar-refractivity contribution in [2.45, 2.75) is 52.5 Å². The van der Waals surface area contributed by atoms with Gasteiger partial charge in [-0.05, 0) is 50.8 Å². The lowest BCUT2D eigenvalue weighted by Crippen LogP contribution is -2.44. The van der Waals surface area contributed by atoms with Crippen LogP contribution in [0.4, 0.5) is 5.69 Å². The van der Waals surface area contributed by atoms with Gasteiger partial charge < -0.3 is 11.1 Å². The van der Waals surface area contributed by atoms with Crippen molar-refractivity contribution in [3.8, 4) is 0 Å². The molecule has 3 heteroatoms. The fraction of sp³-hybridized carbons (Fsp3) is 0.562. The summed E-state index contributed by atoms with van der Waals surface area (Å²) in [5, 5.41) is 3.09. The highest BCUT2D eigenvalue weighted by atomic mass is 16.2. The van der Waals surface area contributed by atoms with Gasteiger partial charge in [0.1, 0.15) is 0 Å². The number of hydrogen-bond donors (Lipinski definition) is 2. The number of amides is 1. The van der Waals surface area contributed by atoms with Crippen LogP contribution in [0.3, 0.4) is 0 Å². The summed E-state index contributed by atoms with van der Waals surface area (Å²) in [6.07, 6.45) is 0.990. The molecule has 0 aromatic heterocycles. The minimum atomic E-state index is -0.543. The van der Waals surface area contributed by atoms with Crippen LogP contribution in [0.25, 0.3) is 0 Å². The summed E-state index contributed by atoms with van der Waals surface area (Å²) in [6.45, 7) is 10.3. The molecular formula is C16H26N2O. The summed E-state index contributed by atoms with van der Waals surface area (Å²) in [6, 6.07) is 7.70. The van der Waals surface area contributed by atoms with Crippen LogP contribution in [0.1, 0.15) is 46.6 Å². The predicted molar refractivity (Wildman–Crippen MR) is 80.9 cm³/mol. The van der Waals surface area contributed by atoms with E-state index in [0.717, 1.165) is 12.0 Å². The number of nitrogens with two attached hydrogens (primary N) is 1. The van der Waals surface area contributed by atoms with Crippen molar-refractivity contribution in [3.63, 3.8) is 0 Å². The number of hydrogen-bond acceptors (Lipinski definition) is 2. The average molecular weight is 262 g/mol. The first kappa shape index (κ1) is 15.5. The fourth-order valence-corrected chi connectivity index (χ4v) is 2.20. The van der Waals surface area contributed by atoms with Crippen molar-refractivity contribution in [2.24, 2.45) is 5.92 Å². The van der Waals surface area contributed by atoms with Gasteiger partial charge in [0.2, 0.25) is 5.91 Å². The second-order valence-electron chi connectivity index (χ2n) is 6.25. The van der Waals surface area contributed by atoms with Gasteiger partial charge in [-0.25, -0.2) is 0 Å². The number of anilines is 1. The lowest BCUT2D eigenvalue weighted by molar-refractivity contribution is -0.126. The summed E-state index contributed by atoms with van der Waals surface area (Å²) in [7, 11) is 0. The van der Waals surface area contributed by atoms with Crippen molar-refractivity contribution in [1.29, 1.82) is 0 Å². The van der Waals surface area contributed by atoms with Crippen LogP contribution in [0.15, 0.2) is 24.3 Å². The van der Waals surface area contributed by atoms with Crippen LogP contribution in [0, 0.1) is 5.92 Å². The van der Waals surface area contributed by atoms with E-state index in [4.69, 9.17) is 5.73 Å². The number of rotatable bonds is 5. The number of carbonyl (C=O) groups is 1. The summed E-state index contributed by atoms with van der Waals surface area (Å²) < 4.78 is 0. The molecule has 1 unspecified atom stereocenters. The van der Waals surface area contributed by atoms with Gasteiger partial charge in [0.25, 0.3) is 0 Å². The van der Waals surface area contributed by atoms with Crippen LogP contribution in [0.2, 0.25) is 0 Å². The van der Waals surface area contributed by atoms with E-state index < -0.39 is 5.41 Å². The first-order valence-electron chi connectivity index (χ1n) is 6.90. The van der Waals surface area contributed by atoms with Crippen molar-refractivity contribution in [1.82, 2.24) is 5.32 Å². The molecule has 1 atom stereocenters. The molecule has 0 aliphatic rings. The largest absolute Gasteiger partial charge is 0.399 e. The number of carbonyl (C=O) groups excluding carboxylic acids is 1. The highest BCUT2D eigenvalue weighted by Crippen LogP contribution is 2.24. The molecule has 0 heterocycles. The van der Waals surface area contributed by atoms with Crippen LogP contribution in [-0.2, 0) is 10.2 Å². The normalized spacial score (nSPS) is 13.4. The van der Waals surface area contributed by atoms with E-state index in [1.165, 1.54) is 0 Å². The third-order valence-corrected chi connectivity index (χ3v) is 3.40. The molecule has 0 bridgehead atoms. The molecule has 1 amide bonds. The Morgan fingerprint density at radius 2 is 1.74 bits per heavy atom. The van der Waals surface area contributed by atoms with Gasteiger partial charge in [0, 0.05) is 11.7 Å². The standard InChI is InChI=1S/C16H26N2O/c1-11(2)10-12(3)18-15(19)16(4,5)13-6-8-14(17)9-7-13/h6-9,11-12H,10,17H2,1-5H3,(H,18,19). The third kappa shape index (κ3) is 4.27. The predicted octanol–water partition coefficient (Wildman–Crippen LogP) is 3.10. The van der Waals surface area contributed by atoms with Gasteiger partial charge in [-0.1, -0.05) is 26.0 Å². The minimum absolute atomic E-state index is 0.0606. The second-order valence-corrected chi connectivity index (χ2v) is 6.25. The molecule has 3 N–H and O–H groups in total. The summed E-state index contributed by atoms with van der Waals surface area (Å²) in [5.74, 6) is 0.639. The maximum atomic E-state index is 12.4. The van der Waals surface area contributed by atoms with Gasteiger partial charge in [-0.3, -0.25) is 4.79 Å². The topological polar surface area (TPSA) is 55.1 Å². The zero-order chi connectivity index (χ0) is 14.6. The van der Waals surface area contributed by atoms with Crippen LogP contribution in [-0.4, -0.2) is 11.9 Å². The monoisotopic (exact) mass is 262 g/mol. The molecule has 19 heavy (non-hydrogen) atoms. The molecule has 106 valence electrons. The highest BCUT2D eigenvalue weighted by molar-refractivity contribution is 5.87. The molecule has 1 rings (SSSR count). The first-order valence-corrected chi connectivity index (χ1v) is 6.90. The average Bonchev–Trinajstić information content (AvgIpc) is 2.28. The van der Waals surface area contributed by atoms with Crippen LogP contribution < -0.4 is 11.1 Å². The summed E-state index contributed by atoms with van der Waals surface area (Å²) in [4.78, 5) is 12.4. The van der Waals surface area contributed by atoms with Crippen LogP contribution >= 0.6 is 0 Å². The Morgan fingerprint density at radius 3 is 2.21 bits per heavy atom. The van der Waals surface area contributed by atoms with E-state index in [9.17, 15) is 4.79 Å². The van der Waals surface area contributed by atoms with Gasteiger partial charge in [-0.2, -0.15) is 0 Å². The Bertz CT molecular complexity index is 421. The minimum Gasteiger partial charge on any atom is -0.399 e. The Balaban J connectivity index is 2.76. The Hall–Kier alpha value is -1.51. The molecule has 0 aliphatic heterocycles.